The first-order valence-electron chi connectivity index (χ1n) is 8.54. The summed E-state index contributed by atoms with van der Waals surface area (Å²) in [6.45, 7) is -0.392. The summed E-state index contributed by atoms with van der Waals surface area (Å²) < 4.78 is 4.99. The van der Waals surface area contributed by atoms with E-state index in [0.29, 0.717) is 18.4 Å². The first kappa shape index (κ1) is 19.2. The average Bonchev–Trinajstić information content (AvgIpc) is 2.70. The number of nitrogens with zero attached hydrogens (tertiary/aromatic N) is 3. The SMILES string of the molecule is CN(C(=O)COC(=O)/C=C/c1ccc(C#N)cc1)C1(C#N)CCCCC1. The van der Waals surface area contributed by atoms with Crippen molar-refractivity contribution in [2.75, 3.05) is 13.7 Å². The molecule has 0 bridgehead atoms. The van der Waals surface area contributed by atoms with E-state index in [4.69, 9.17) is 10.00 Å². The van der Waals surface area contributed by atoms with Gasteiger partial charge >= 0.3 is 5.97 Å². The summed E-state index contributed by atoms with van der Waals surface area (Å²) in [6.07, 6.45) is 6.98. The van der Waals surface area contributed by atoms with Gasteiger partial charge in [0.05, 0.1) is 17.7 Å². The topological polar surface area (TPSA) is 94.2 Å². The lowest BCUT2D eigenvalue weighted by atomic mass is 9.81. The number of likely N-dealkylation sites (N-methyl/N-ethyl adjacent to an activating group) is 1. The van der Waals surface area contributed by atoms with Gasteiger partial charge in [-0.1, -0.05) is 31.4 Å². The molecule has 0 atom stereocenters. The molecule has 1 saturated carbocycles. The first-order valence-corrected chi connectivity index (χ1v) is 8.54. The molecule has 0 aromatic heterocycles. The second-order valence-corrected chi connectivity index (χ2v) is 6.33. The Balaban J connectivity index is 1.87. The van der Waals surface area contributed by atoms with Crippen LogP contribution >= 0.6 is 0 Å². The Kier molecular flexibility index (Phi) is 6.52. The van der Waals surface area contributed by atoms with Crippen molar-refractivity contribution in [3.63, 3.8) is 0 Å². The number of ether oxygens (including phenoxy) is 1. The molecular formula is C20H21N3O3. The minimum Gasteiger partial charge on any atom is -0.452 e. The Morgan fingerprint density at radius 3 is 2.42 bits per heavy atom. The molecule has 0 heterocycles. The van der Waals surface area contributed by atoms with Crippen molar-refractivity contribution in [2.45, 2.75) is 37.6 Å². The van der Waals surface area contributed by atoms with Crippen LogP contribution in [0.25, 0.3) is 6.08 Å². The molecule has 0 saturated heterocycles. The van der Waals surface area contributed by atoms with Crippen LogP contribution in [0.5, 0.6) is 0 Å². The zero-order chi connectivity index (χ0) is 19.0. The maximum absolute atomic E-state index is 12.3. The highest BCUT2D eigenvalue weighted by Gasteiger charge is 2.38. The van der Waals surface area contributed by atoms with Crippen LogP contribution in [0.3, 0.4) is 0 Å². The fourth-order valence-electron chi connectivity index (χ4n) is 3.01. The number of carbonyl (C=O) groups is 2. The number of amides is 1. The van der Waals surface area contributed by atoms with Gasteiger partial charge in [-0.05, 0) is 36.6 Å². The molecule has 0 aliphatic heterocycles. The minimum absolute atomic E-state index is 0.381. The van der Waals surface area contributed by atoms with Gasteiger partial charge in [-0.15, -0.1) is 0 Å². The van der Waals surface area contributed by atoms with Crippen molar-refractivity contribution < 1.29 is 14.3 Å². The van der Waals surface area contributed by atoms with E-state index in [9.17, 15) is 14.9 Å². The van der Waals surface area contributed by atoms with Crippen LogP contribution in [0.4, 0.5) is 0 Å². The van der Waals surface area contributed by atoms with Crippen molar-refractivity contribution >= 4 is 18.0 Å². The zero-order valence-electron chi connectivity index (χ0n) is 14.8. The lowest BCUT2D eigenvalue weighted by molar-refractivity contribution is -0.150. The molecule has 0 spiro atoms. The number of rotatable bonds is 5. The summed E-state index contributed by atoms with van der Waals surface area (Å²) in [5.74, 6) is -1.01. The highest BCUT2D eigenvalue weighted by atomic mass is 16.5. The van der Waals surface area contributed by atoms with Crippen LogP contribution in [-0.2, 0) is 14.3 Å². The Hall–Kier alpha value is -3.12. The normalized spacial score (nSPS) is 15.7. The monoisotopic (exact) mass is 351 g/mol. The van der Waals surface area contributed by atoms with Crippen LogP contribution in [0, 0.1) is 22.7 Å². The highest BCUT2D eigenvalue weighted by Crippen LogP contribution is 2.32. The van der Waals surface area contributed by atoms with Gasteiger partial charge in [-0.2, -0.15) is 10.5 Å². The largest absolute Gasteiger partial charge is 0.452 e. The molecule has 26 heavy (non-hydrogen) atoms. The summed E-state index contributed by atoms with van der Waals surface area (Å²) in [5.41, 5.74) is 0.489. The zero-order valence-corrected chi connectivity index (χ0v) is 14.8. The van der Waals surface area contributed by atoms with E-state index in [1.807, 2.05) is 6.07 Å². The number of benzene rings is 1. The van der Waals surface area contributed by atoms with E-state index >= 15 is 0 Å². The molecule has 0 radical (unpaired) electrons. The van der Waals surface area contributed by atoms with E-state index in [-0.39, 0.29) is 5.91 Å². The standard InChI is InChI=1S/C20H21N3O3/c1-23(20(15-22)11-3-2-4-12-20)18(24)14-26-19(25)10-9-16-5-7-17(13-21)8-6-16/h5-10H,2-4,11-12,14H2,1H3/b10-9+. The van der Waals surface area contributed by atoms with Gasteiger partial charge in [0.25, 0.3) is 5.91 Å². The summed E-state index contributed by atoms with van der Waals surface area (Å²) in [5, 5.41) is 18.2. The molecule has 0 N–H and O–H groups in total. The number of nitriles is 2. The smallest absolute Gasteiger partial charge is 0.331 e. The van der Waals surface area contributed by atoms with Crippen LogP contribution < -0.4 is 0 Å². The molecular weight excluding hydrogens is 330 g/mol. The molecule has 1 aromatic rings. The van der Waals surface area contributed by atoms with Crippen LogP contribution in [0.2, 0.25) is 0 Å². The number of esters is 1. The van der Waals surface area contributed by atoms with E-state index in [0.717, 1.165) is 24.8 Å². The quantitative estimate of drug-likeness (QED) is 0.600. The van der Waals surface area contributed by atoms with Gasteiger partial charge in [-0.3, -0.25) is 4.79 Å². The Morgan fingerprint density at radius 1 is 1.19 bits per heavy atom. The van der Waals surface area contributed by atoms with Gasteiger partial charge in [0.15, 0.2) is 6.61 Å². The van der Waals surface area contributed by atoms with Crippen molar-refractivity contribution in [3.8, 4) is 12.1 Å². The lowest BCUT2D eigenvalue weighted by Gasteiger charge is -2.38. The third kappa shape index (κ3) is 4.70. The fraction of sp³-hybridized carbons (Fsp3) is 0.400. The second-order valence-electron chi connectivity index (χ2n) is 6.33. The van der Waals surface area contributed by atoms with E-state index in [2.05, 4.69) is 6.07 Å². The van der Waals surface area contributed by atoms with Crippen molar-refractivity contribution in [1.29, 1.82) is 10.5 Å². The van der Waals surface area contributed by atoms with Crippen LogP contribution in [0.1, 0.15) is 43.2 Å². The first-order chi connectivity index (χ1) is 12.5. The summed E-state index contributed by atoms with van der Waals surface area (Å²) in [6, 6.07) is 11.0. The molecule has 1 aliphatic carbocycles. The Morgan fingerprint density at radius 2 is 1.85 bits per heavy atom. The second kappa shape index (κ2) is 8.82. The van der Waals surface area contributed by atoms with Crippen molar-refractivity contribution in [2.24, 2.45) is 0 Å². The number of hydrogen-bond donors (Lipinski definition) is 0. The van der Waals surface area contributed by atoms with Gasteiger partial charge in [0.1, 0.15) is 5.54 Å². The van der Waals surface area contributed by atoms with E-state index in [1.165, 1.54) is 11.0 Å². The van der Waals surface area contributed by atoms with Gasteiger partial charge in [0, 0.05) is 13.1 Å². The molecule has 134 valence electrons. The summed E-state index contributed by atoms with van der Waals surface area (Å²) >= 11 is 0. The van der Waals surface area contributed by atoms with Crippen molar-refractivity contribution in [1.82, 2.24) is 4.90 Å². The Labute approximate surface area is 153 Å². The molecule has 0 unspecified atom stereocenters. The maximum Gasteiger partial charge on any atom is 0.331 e. The van der Waals surface area contributed by atoms with E-state index in [1.54, 1.807) is 37.4 Å². The third-order valence-electron chi connectivity index (χ3n) is 4.69. The highest BCUT2D eigenvalue weighted by molar-refractivity contribution is 5.89. The van der Waals surface area contributed by atoms with Crippen LogP contribution in [0.15, 0.2) is 30.3 Å². The minimum atomic E-state index is -0.792. The fourth-order valence-corrected chi connectivity index (χ4v) is 3.01. The van der Waals surface area contributed by atoms with Crippen molar-refractivity contribution in [3.05, 3.63) is 41.5 Å². The molecule has 1 amide bonds. The predicted octanol–water partition coefficient (Wildman–Crippen LogP) is 2.80. The van der Waals surface area contributed by atoms with Gasteiger partial charge in [-0.25, -0.2) is 4.79 Å². The summed E-state index contributed by atoms with van der Waals surface area (Å²) in [4.78, 5) is 25.5. The molecule has 6 nitrogen and oxygen atoms in total. The number of hydrogen-bond acceptors (Lipinski definition) is 5. The molecule has 2 rings (SSSR count). The predicted molar refractivity (Wildman–Crippen MR) is 95.3 cm³/mol. The molecule has 1 aliphatic rings. The molecule has 6 heteroatoms. The average molecular weight is 351 g/mol. The maximum atomic E-state index is 12.3. The lowest BCUT2D eigenvalue weighted by Crippen LogP contribution is -2.51. The summed E-state index contributed by atoms with van der Waals surface area (Å²) in [7, 11) is 1.59. The van der Waals surface area contributed by atoms with Crippen LogP contribution in [-0.4, -0.2) is 36.0 Å². The van der Waals surface area contributed by atoms with Gasteiger partial charge in [0.2, 0.25) is 0 Å². The van der Waals surface area contributed by atoms with Gasteiger partial charge < -0.3 is 9.64 Å². The Bertz CT molecular complexity index is 763. The molecule has 1 fully saturated rings. The molecule has 1 aromatic carbocycles. The third-order valence-corrected chi connectivity index (χ3v) is 4.69. The number of carbonyl (C=O) groups excluding carboxylic acids is 2. The van der Waals surface area contributed by atoms with E-state index < -0.39 is 18.1 Å².